The summed E-state index contributed by atoms with van der Waals surface area (Å²) in [6.45, 7) is 4.76. The summed E-state index contributed by atoms with van der Waals surface area (Å²) in [5, 5.41) is 3.74. The van der Waals surface area contributed by atoms with Crippen LogP contribution in [0.5, 0.6) is 0 Å². The lowest BCUT2D eigenvalue weighted by Crippen LogP contribution is -2.49. The van der Waals surface area contributed by atoms with Crippen molar-refractivity contribution in [3.8, 4) is 0 Å². The van der Waals surface area contributed by atoms with Gasteiger partial charge in [-0.2, -0.15) is 0 Å². The first-order chi connectivity index (χ1) is 5.75. The van der Waals surface area contributed by atoms with Crippen molar-refractivity contribution >= 4 is 0 Å². The Kier molecular flexibility index (Phi) is 2.40. The van der Waals surface area contributed by atoms with Gasteiger partial charge in [-0.05, 0) is 37.5 Å². The van der Waals surface area contributed by atoms with Gasteiger partial charge in [0.05, 0.1) is 0 Å². The molecule has 0 aromatic carbocycles. The number of piperidine rings is 2. The van der Waals surface area contributed by atoms with Crippen LogP contribution in [0.2, 0.25) is 0 Å². The highest BCUT2D eigenvalue weighted by Gasteiger charge is 2.31. The summed E-state index contributed by atoms with van der Waals surface area (Å²) < 4.78 is 0. The zero-order chi connectivity index (χ0) is 8.55. The third-order valence-electron chi connectivity index (χ3n) is 3.69. The maximum absolute atomic E-state index is 3.74. The van der Waals surface area contributed by atoms with Gasteiger partial charge in [-0.3, -0.25) is 0 Å². The van der Waals surface area contributed by atoms with Gasteiger partial charge in [-0.25, -0.2) is 0 Å². The lowest BCUT2D eigenvalue weighted by molar-refractivity contribution is 0.154. The second-order valence-electron chi connectivity index (χ2n) is 4.97. The number of hydrogen-bond acceptors (Lipinski definition) is 1. The average molecular weight is 167 g/mol. The molecule has 2 heterocycles. The molecule has 2 fully saturated rings. The lowest BCUT2D eigenvalue weighted by Gasteiger charge is -2.41. The third-order valence-corrected chi connectivity index (χ3v) is 3.69. The van der Waals surface area contributed by atoms with Crippen molar-refractivity contribution in [1.29, 1.82) is 0 Å². The topological polar surface area (TPSA) is 12.0 Å². The van der Waals surface area contributed by atoms with Gasteiger partial charge in [0.25, 0.3) is 0 Å². The molecule has 1 heteroatoms. The highest BCUT2D eigenvalue weighted by Crippen LogP contribution is 2.33. The molecule has 2 rings (SSSR count). The van der Waals surface area contributed by atoms with E-state index in [-0.39, 0.29) is 0 Å². The van der Waals surface area contributed by atoms with E-state index in [1.807, 2.05) is 0 Å². The average Bonchev–Trinajstić information content (AvgIpc) is 2.03. The van der Waals surface area contributed by atoms with Crippen LogP contribution in [0.4, 0.5) is 0 Å². The first kappa shape index (κ1) is 8.55. The van der Waals surface area contributed by atoms with Crippen LogP contribution in [0.15, 0.2) is 0 Å². The van der Waals surface area contributed by atoms with E-state index in [1.165, 1.54) is 32.1 Å². The summed E-state index contributed by atoms with van der Waals surface area (Å²) >= 11 is 0. The van der Waals surface area contributed by atoms with Gasteiger partial charge in [-0.1, -0.05) is 20.3 Å². The van der Waals surface area contributed by atoms with Gasteiger partial charge < -0.3 is 5.32 Å². The standard InChI is InChI=1S/C11H21N/c1-8(2)9-6-10-4-3-5-11(7-9)12-10/h8-12H,3-7H2,1-2H3/t10-,11-/m0/s1. The fourth-order valence-corrected chi connectivity index (χ4v) is 2.85. The molecular weight excluding hydrogens is 146 g/mol. The van der Waals surface area contributed by atoms with E-state index in [0.717, 1.165) is 23.9 Å². The van der Waals surface area contributed by atoms with Crippen molar-refractivity contribution in [1.82, 2.24) is 5.32 Å². The Hall–Kier alpha value is -0.0400. The molecule has 0 aromatic rings. The molecule has 0 aliphatic carbocycles. The summed E-state index contributed by atoms with van der Waals surface area (Å²) in [5.41, 5.74) is 0. The zero-order valence-electron chi connectivity index (χ0n) is 8.34. The van der Waals surface area contributed by atoms with Crippen molar-refractivity contribution in [2.45, 2.75) is 58.0 Å². The lowest BCUT2D eigenvalue weighted by atomic mass is 9.76. The summed E-state index contributed by atoms with van der Waals surface area (Å²) in [4.78, 5) is 0. The molecule has 0 aromatic heterocycles. The van der Waals surface area contributed by atoms with Crippen LogP contribution >= 0.6 is 0 Å². The highest BCUT2D eigenvalue weighted by molar-refractivity contribution is 4.89. The smallest absolute Gasteiger partial charge is 0.00724 e. The molecule has 12 heavy (non-hydrogen) atoms. The Morgan fingerprint density at radius 1 is 1.08 bits per heavy atom. The minimum absolute atomic E-state index is 0.866. The van der Waals surface area contributed by atoms with Gasteiger partial charge in [0.2, 0.25) is 0 Å². The molecular formula is C11H21N. The van der Waals surface area contributed by atoms with Gasteiger partial charge in [0.1, 0.15) is 0 Å². The summed E-state index contributed by atoms with van der Waals surface area (Å²) in [6, 6.07) is 1.73. The number of fused-ring (bicyclic) bond motifs is 2. The molecule has 1 N–H and O–H groups in total. The second-order valence-corrected chi connectivity index (χ2v) is 4.97. The second kappa shape index (κ2) is 3.37. The van der Waals surface area contributed by atoms with Crippen molar-refractivity contribution in [3.05, 3.63) is 0 Å². The quantitative estimate of drug-likeness (QED) is 0.633. The van der Waals surface area contributed by atoms with Crippen molar-refractivity contribution < 1.29 is 0 Å². The first-order valence-corrected chi connectivity index (χ1v) is 5.51. The van der Waals surface area contributed by atoms with Crippen LogP contribution in [0, 0.1) is 11.8 Å². The van der Waals surface area contributed by atoms with Crippen LogP contribution in [-0.4, -0.2) is 12.1 Å². The molecule has 2 bridgehead atoms. The van der Waals surface area contributed by atoms with E-state index >= 15 is 0 Å². The van der Waals surface area contributed by atoms with E-state index in [0.29, 0.717) is 0 Å². The molecule has 2 aliphatic rings. The molecule has 70 valence electrons. The summed E-state index contributed by atoms with van der Waals surface area (Å²) in [5.74, 6) is 1.90. The summed E-state index contributed by atoms with van der Waals surface area (Å²) in [6.07, 6.45) is 7.20. The minimum Gasteiger partial charge on any atom is -0.311 e. The first-order valence-electron chi connectivity index (χ1n) is 5.51. The Morgan fingerprint density at radius 2 is 1.67 bits per heavy atom. The van der Waals surface area contributed by atoms with E-state index in [9.17, 15) is 0 Å². The van der Waals surface area contributed by atoms with E-state index in [4.69, 9.17) is 0 Å². The van der Waals surface area contributed by atoms with Gasteiger partial charge >= 0.3 is 0 Å². The molecule has 2 saturated heterocycles. The predicted octanol–water partition coefficient (Wildman–Crippen LogP) is 2.56. The fraction of sp³-hybridized carbons (Fsp3) is 1.00. The van der Waals surface area contributed by atoms with Crippen LogP contribution in [0.1, 0.15) is 46.0 Å². The Morgan fingerprint density at radius 3 is 2.17 bits per heavy atom. The fourth-order valence-electron chi connectivity index (χ4n) is 2.85. The zero-order valence-corrected chi connectivity index (χ0v) is 8.34. The molecule has 0 unspecified atom stereocenters. The molecule has 0 saturated carbocycles. The Balaban J connectivity index is 1.96. The van der Waals surface area contributed by atoms with Gasteiger partial charge in [-0.15, -0.1) is 0 Å². The number of hydrogen-bond donors (Lipinski definition) is 1. The largest absolute Gasteiger partial charge is 0.311 e. The monoisotopic (exact) mass is 167 g/mol. The van der Waals surface area contributed by atoms with Crippen molar-refractivity contribution in [2.24, 2.45) is 11.8 Å². The van der Waals surface area contributed by atoms with Gasteiger partial charge in [0, 0.05) is 12.1 Å². The van der Waals surface area contributed by atoms with E-state index in [2.05, 4.69) is 19.2 Å². The normalized spacial score (nSPS) is 41.8. The van der Waals surface area contributed by atoms with Crippen LogP contribution < -0.4 is 5.32 Å². The SMILES string of the molecule is CC(C)C1C[C@@H]2CCC[C@@H](C1)N2. The van der Waals surface area contributed by atoms with Crippen LogP contribution in [0.25, 0.3) is 0 Å². The molecule has 0 spiro atoms. The van der Waals surface area contributed by atoms with Crippen LogP contribution in [0.3, 0.4) is 0 Å². The number of nitrogens with one attached hydrogen (secondary N) is 1. The van der Waals surface area contributed by atoms with E-state index < -0.39 is 0 Å². The van der Waals surface area contributed by atoms with Crippen molar-refractivity contribution in [3.63, 3.8) is 0 Å². The third kappa shape index (κ3) is 1.66. The summed E-state index contributed by atoms with van der Waals surface area (Å²) in [7, 11) is 0. The van der Waals surface area contributed by atoms with Crippen molar-refractivity contribution in [2.75, 3.05) is 0 Å². The molecule has 0 radical (unpaired) electrons. The highest BCUT2D eigenvalue weighted by atomic mass is 15.0. The molecule has 2 aliphatic heterocycles. The Labute approximate surface area is 75.9 Å². The van der Waals surface area contributed by atoms with Crippen LogP contribution in [-0.2, 0) is 0 Å². The minimum atomic E-state index is 0.866. The number of rotatable bonds is 1. The Bertz CT molecular complexity index is 141. The maximum Gasteiger partial charge on any atom is 0.00724 e. The maximum atomic E-state index is 3.74. The van der Waals surface area contributed by atoms with E-state index in [1.54, 1.807) is 0 Å². The molecule has 2 atom stereocenters. The molecule has 0 amide bonds. The predicted molar refractivity (Wildman–Crippen MR) is 52.1 cm³/mol. The van der Waals surface area contributed by atoms with Gasteiger partial charge in [0.15, 0.2) is 0 Å². The molecule has 1 nitrogen and oxygen atoms in total.